The van der Waals surface area contributed by atoms with Crippen LogP contribution < -0.4 is 14.8 Å². The second-order valence-corrected chi connectivity index (χ2v) is 4.49. The topological polar surface area (TPSA) is 30.5 Å². The molecule has 0 aromatic heterocycles. The molecule has 21 heavy (non-hydrogen) atoms. The summed E-state index contributed by atoms with van der Waals surface area (Å²) in [5.74, 6) is -0.267. The Labute approximate surface area is 122 Å². The molecule has 1 N–H and O–H groups in total. The molecule has 0 bridgehead atoms. The minimum absolute atomic E-state index is 0.235. The van der Waals surface area contributed by atoms with E-state index in [0.29, 0.717) is 23.6 Å². The number of methoxy groups -OCH3 is 2. The summed E-state index contributed by atoms with van der Waals surface area (Å²) in [7, 11) is 3.16. The fourth-order valence-corrected chi connectivity index (χ4v) is 2.01. The number of rotatable bonds is 6. The van der Waals surface area contributed by atoms with Crippen LogP contribution in [0.25, 0.3) is 0 Å². The summed E-state index contributed by atoms with van der Waals surface area (Å²) < 4.78 is 37.0. The van der Waals surface area contributed by atoms with Crippen LogP contribution in [0.3, 0.4) is 0 Å². The van der Waals surface area contributed by atoms with Gasteiger partial charge in [-0.25, -0.2) is 8.78 Å². The van der Waals surface area contributed by atoms with Gasteiger partial charge in [-0.2, -0.15) is 0 Å². The summed E-state index contributed by atoms with van der Waals surface area (Å²) in [6.07, 6.45) is 0. The maximum Gasteiger partial charge on any atom is 0.163 e. The minimum Gasteiger partial charge on any atom is -0.497 e. The van der Waals surface area contributed by atoms with Crippen LogP contribution in [0.1, 0.15) is 11.1 Å². The van der Waals surface area contributed by atoms with E-state index in [9.17, 15) is 8.78 Å². The highest BCUT2D eigenvalue weighted by atomic mass is 19.2. The molecule has 0 radical (unpaired) electrons. The van der Waals surface area contributed by atoms with Gasteiger partial charge in [0.2, 0.25) is 0 Å². The van der Waals surface area contributed by atoms with Gasteiger partial charge in [-0.15, -0.1) is 0 Å². The van der Waals surface area contributed by atoms with E-state index in [1.54, 1.807) is 26.4 Å². The van der Waals surface area contributed by atoms with Crippen LogP contribution in [0.15, 0.2) is 36.4 Å². The highest BCUT2D eigenvalue weighted by Gasteiger charge is 2.08. The third-order valence-corrected chi connectivity index (χ3v) is 3.16. The first-order valence-corrected chi connectivity index (χ1v) is 6.50. The lowest BCUT2D eigenvalue weighted by Gasteiger charge is -2.11. The first-order chi connectivity index (χ1) is 10.2. The molecule has 0 heterocycles. The van der Waals surface area contributed by atoms with Crippen LogP contribution in [0, 0.1) is 11.6 Å². The summed E-state index contributed by atoms with van der Waals surface area (Å²) in [5, 5.41) is 3.07. The summed E-state index contributed by atoms with van der Waals surface area (Å²) in [6, 6.07) is 9.61. The van der Waals surface area contributed by atoms with Crippen molar-refractivity contribution in [3.8, 4) is 11.5 Å². The summed E-state index contributed by atoms with van der Waals surface area (Å²) in [6.45, 7) is 0.710. The van der Waals surface area contributed by atoms with Crippen molar-refractivity contribution in [1.82, 2.24) is 5.32 Å². The minimum atomic E-state index is -0.837. The van der Waals surface area contributed by atoms with Crippen molar-refractivity contribution in [2.45, 2.75) is 13.1 Å². The molecule has 0 fully saturated rings. The fourth-order valence-electron chi connectivity index (χ4n) is 2.01. The average Bonchev–Trinajstić information content (AvgIpc) is 2.51. The van der Waals surface area contributed by atoms with E-state index >= 15 is 0 Å². The molecule has 0 aliphatic carbocycles. The number of benzene rings is 2. The molecule has 3 nitrogen and oxygen atoms in total. The van der Waals surface area contributed by atoms with E-state index in [1.807, 2.05) is 12.1 Å². The molecule has 0 aliphatic rings. The van der Waals surface area contributed by atoms with Gasteiger partial charge < -0.3 is 14.8 Å². The molecule has 2 aromatic rings. The Morgan fingerprint density at radius 1 is 0.952 bits per heavy atom. The fraction of sp³-hybridized carbons (Fsp3) is 0.250. The Bertz CT molecular complexity index is 617. The third-order valence-electron chi connectivity index (χ3n) is 3.16. The zero-order valence-corrected chi connectivity index (χ0v) is 12.0. The largest absolute Gasteiger partial charge is 0.497 e. The first-order valence-electron chi connectivity index (χ1n) is 6.50. The van der Waals surface area contributed by atoms with E-state index in [2.05, 4.69) is 5.32 Å². The maximum atomic E-state index is 13.5. The van der Waals surface area contributed by atoms with Gasteiger partial charge in [0.05, 0.1) is 14.2 Å². The zero-order chi connectivity index (χ0) is 15.2. The van der Waals surface area contributed by atoms with E-state index < -0.39 is 11.6 Å². The maximum absolute atomic E-state index is 13.5. The molecule has 0 saturated heterocycles. The molecular weight excluding hydrogens is 276 g/mol. The molecule has 0 saturated carbocycles. The molecule has 0 atom stereocenters. The van der Waals surface area contributed by atoms with E-state index in [4.69, 9.17) is 9.47 Å². The van der Waals surface area contributed by atoms with Gasteiger partial charge in [0, 0.05) is 30.3 Å². The summed E-state index contributed by atoms with van der Waals surface area (Å²) >= 11 is 0. The zero-order valence-electron chi connectivity index (χ0n) is 12.0. The van der Waals surface area contributed by atoms with Gasteiger partial charge >= 0.3 is 0 Å². The van der Waals surface area contributed by atoms with Crippen LogP contribution in [-0.2, 0) is 13.1 Å². The smallest absolute Gasteiger partial charge is 0.163 e. The van der Waals surface area contributed by atoms with Gasteiger partial charge in [-0.1, -0.05) is 18.2 Å². The van der Waals surface area contributed by atoms with Crippen molar-refractivity contribution in [2.75, 3.05) is 14.2 Å². The van der Waals surface area contributed by atoms with E-state index in [-0.39, 0.29) is 6.54 Å². The van der Waals surface area contributed by atoms with Crippen molar-refractivity contribution in [2.24, 2.45) is 0 Å². The van der Waals surface area contributed by atoms with Gasteiger partial charge in [0.25, 0.3) is 0 Å². The average molecular weight is 293 g/mol. The molecule has 0 unspecified atom stereocenters. The normalized spacial score (nSPS) is 10.5. The molecular formula is C16H17F2NO2. The van der Waals surface area contributed by atoms with E-state index in [1.165, 1.54) is 6.07 Å². The number of halogens is 2. The molecule has 0 amide bonds. The number of hydrogen-bond acceptors (Lipinski definition) is 3. The standard InChI is InChI=1S/C16H17F2NO2/c1-20-13-7-6-11(15(8-13)21-2)9-19-10-12-4-3-5-14(17)16(12)18/h3-8,19H,9-10H2,1-2H3. The number of nitrogens with one attached hydrogen (secondary N) is 1. The molecule has 2 aromatic carbocycles. The first kappa shape index (κ1) is 15.3. The van der Waals surface area contributed by atoms with Crippen molar-refractivity contribution < 1.29 is 18.3 Å². The molecule has 2 rings (SSSR count). The van der Waals surface area contributed by atoms with Crippen LogP contribution in [0.2, 0.25) is 0 Å². The van der Waals surface area contributed by atoms with Crippen LogP contribution in [-0.4, -0.2) is 14.2 Å². The highest BCUT2D eigenvalue weighted by molar-refractivity contribution is 5.40. The second kappa shape index (κ2) is 7.04. The molecule has 112 valence electrons. The van der Waals surface area contributed by atoms with Crippen LogP contribution in [0.5, 0.6) is 11.5 Å². The van der Waals surface area contributed by atoms with Crippen molar-refractivity contribution >= 4 is 0 Å². The summed E-state index contributed by atoms with van der Waals surface area (Å²) in [5.41, 5.74) is 1.21. The Kier molecular flexibility index (Phi) is 5.11. The highest BCUT2D eigenvalue weighted by Crippen LogP contribution is 2.24. The predicted octanol–water partition coefficient (Wildman–Crippen LogP) is 3.27. The second-order valence-electron chi connectivity index (χ2n) is 4.49. The van der Waals surface area contributed by atoms with Crippen LogP contribution in [0.4, 0.5) is 8.78 Å². The third kappa shape index (κ3) is 3.70. The Morgan fingerprint density at radius 3 is 2.43 bits per heavy atom. The molecule has 0 aliphatic heterocycles. The van der Waals surface area contributed by atoms with Crippen molar-refractivity contribution in [3.63, 3.8) is 0 Å². The lowest BCUT2D eigenvalue weighted by Crippen LogP contribution is -2.14. The monoisotopic (exact) mass is 293 g/mol. The molecule has 0 spiro atoms. The van der Waals surface area contributed by atoms with Crippen molar-refractivity contribution in [1.29, 1.82) is 0 Å². The van der Waals surface area contributed by atoms with Gasteiger partial charge in [-0.3, -0.25) is 0 Å². The number of ether oxygens (including phenoxy) is 2. The Hall–Kier alpha value is -2.14. The van der Waals surface area contributed by atoms with Gasteiger partial charge in [0.1, 0.15) is 11.5 Å². The Balaban J connectivity index is 2.02. The van der Waals surface area contributed by atoms with Crippen LogP contribution >= 0.6 is 0 Å². The van der Waals surface area contributed by atoms with E-state index in [0.717, 1.165) is 11.6 Å². The summed E-state index contributed by atoms with van der Waals surface area (Å²) in [4.78, 5) is 0. The Morgan fingerprint density at radius 2 is 1.71 bits per heavy atom. The van der Waals surface area contributed by atoms with Gasteiger partial charge in [0.15, 0.2) is 11.6 Å². The molecule has 5 heteroatoms. The lowest BCUT2D eigenvalue weighted by atomic mass is 10.1. The SMILES string of the molecule is COc1ccc(CNCc2cccc(F)c2F)c(OC)c1. The lowest BCUT2D eigenvalue weighted by molar-refractivity contribution is 0.389. The van der Waals surface area contributed by atoms with Crippen molar-refractivity contribution in [3.05, 3.63) is 59.2 Å². The number of hydrogen-bond donors (Lipinski definition) is 1. The quantitative estimate of drug-likeness (QED) is 0.886. The van der Waals surface area contributed by atoms with Gasteiger partial charge in [-0.05, 0) is 12.1 Å². The predicted molar refractivity (Wildman–Crippen MR) is 76.4 cm³/mol.